The lowest BCUT2D eigenvalue weighted by Crippen LogP contribution is -2.52. The average Bonchev–Trinajstić information content (AvgIpc) is 3.67. The van der Waals surface area contributed by atoms with Crippen molar-refractivity contribution in [1.82, 2.24) is 20.2 Å². The number of halogens is 5. The van der Waals surface area contributed by atoms with Crippen LogP contribution in [0.5, 0.6) is 6.01 Å². The monoisotopic (exact) mass is 678 g/mol. The Morgan fingerprint density at radius 3 is 2.66 bits per heavy atom. The molecule has 1 aromatic heterocycles. The zero-order valence-corrected chi connectivity index (χ0v) is 26.6. The summed E-state index contributed by atoms with van der Waals surface area (Å²) < 4.78 is 107. The predicted molar refractivity (Wildman–Crippen MR) is 164 cm³/mol. The van der Waals surface area contributed by atoms with Crippen molar-refractivity contribution >= 4 is 21.3 Å². The van der Waals surface area contributed by atoms with Crippen molar-refractivity contribution in [2.75, 3.05) is 43.4 Å². The van der Waals surface area contributed by atoms with E-state index in [4.69, 9.17) is 15.5 Å². The van der Waals surface area contributed by atoms with Crippen molar-refractivity contribution in [3.63, 3.8) is 0 Å². The summed E-state index contributed by atoms with van der Waals surface area (Å²) in [7, 11) is -4.43. The van der Waals surface area contributed by atoms with Crippen LogP contribution < -0.4 is 20.7 Å². The van der Waals surface area contributed by atoms with Gasteiger partial charge < -0.3 is 20.7 Å². The molecule has 47 heavy (non-hydrogen) atoms. The number of anilines is 2. The second kappa shape index (κ2) is 11.6. The van der Waals surface area contributed by atoms with Crippen molar-refractivity contribution in [3.05, 3.63) is 51.7 Å². The van der Waals surface area contributed by atoms with Crippen LogP contribution in [0.2, 0.25) is 0 Å². The molecule has 4 atom stereocenters. The summed E-state index contributed by atoms with van der Waals surface area (Å²) in [5.41, 5.74) is 2.72. The molecule has 7 rings (SSSR count). The maximum absolute atomic E-state index is 15.7. The zero-order chi connectivity index (χ0) is 33.3. The molecular weight excluding hydrogens is 643 g/mol. The molecule has 4 fully saturated rings. The molecule has 9 nitrogen and oxygen atoms in total. The number of rotatable bonds is 5. The van der Waals surface area contributed by atoms with Gasteiger partial charge in [0.2, 0.25) is 0 Å². The minimum Gasteiger partial charge on any atom is -0.461 e. The van der Waals surface area contributed by atoms with Crippen LogP contribution >= 0.6 is 0 Å². The highest BCUT2D eigenvalue weighted by Gasteiger charge is 2.49. The number of nitrogens with two attached hydrogens (primary N) is 1. The number of hydrogen-bond acceptors (Lipinski definition) is 9. The first-order valence-corrected chi connectivity index (χ1v) is 17.4. The summed E-state index contributed by atoms with van der Waals surface area (Å²) in [6, 6.07) is 1.06. The van der Waals surface area contributed by atoms with Crippen molar-refractivity contribution in [2.24, 2.45) is 0 Å². The zero-order valence-electron chi connectivity index (χ0n) is 25.8. The van der Waals surface area contributed by atoms with Crippen LogP contribution in [-0.4, -0.2) is 73.7 Å². The van der Waals surface area contributed by atoms with E-state index in [9.17, 15) is 26.0 Å². The lowest BCUT2D eigenvalue weighted by atomic mass is 9.93. The Hall–Kier alpha value is -3.48. The molecule has 2 bridgehead atoms. The average molecular weight is 679 g/mol. The molecular formula is C32H35F5N6O3S. The molecule has 2 aromatic rings. The Kier molecular flexibility index (Phi) is 7.91. The van der Waals surface area contributed by atoms with E-state index >= 15 is 4.39 Å². The van der Waals surface area contributed by atoms with Gasteiger partial charge >= 0.3 is 12.2 Å². The topological polar surface area (TPSA) is 114 Å². The number of nitrogens with one attached hydrogen (secondary N) is 1. The Morgan fingerprint density at radius 2 is 1.98 bits per heavy atom. The summed E-state index contributed by atoms with van der Waals surface area (Å²) in [4.78, 5) is 13.4. The minimum atomic E-state index is -5.12. The summed E-state index contributed by atoms with van der Waals surface area (Å²) in [6.07, 6.45) is -0.962. The van der Waals surface area contributed by atoms with Gasteiger partial charge in [0.05, 0.1) is 39.8 Å². The lowest BCUT2D eigenvalue weighted by molar-refractivity contribution is -0.138. The van der Waals surface area contributed by atoms with Crippen LogP contribution in [-0.2, 0) is 28.2 Å². The van der Waals surface area contributed by atoms with Gasteiger partial charge in [-0.2, -0.15) is 23.1 Å². The molecule has 2 unspecified atom stereocenters. The van der Waals surface area contributed by atoms with Crippen LogP contribution in [0.1, 0.15) is 72.2 Å². The number of benzene rings is 1. The molecule has 0 spiro atoms. The third kappa shape index (κ3) is 5.61. The third-order valence-corrected chi connectivity index (χ3v) is 12.2. The normalized spacial score (nSPS) is 29.0. The summed E-state index contributed by atoms with van der Waals surface area (Å²) in [5, 5.41) is 1.59. The molecule has 1 aromatic carbocycles. The molecule has 4 saturated heterocycles. The number of aromatic nitrogens is 2. The van der Waals surface area contributed by atoms with E-state index < -0.39 is 67.2 Å². The van der Waals surface area contributed by atoms with Gasteiger partial charge in [0.1, 0.15) is 12.4 Å². The maximum Gasteiger partial charge on any atom is 0.418 e. The summed E-state index contributed by atoms with van der Waals surface area (Å²) in [6.45, 7) is 3.85. The molecule has 5 aliphatic heterocycles. The summed E-state index contributed by atoms with van der Waals surface area (Å²) >= 11 is 0. The fourth-order valence-corrected chi connectivity index (χ4v) is 10.1. The number of alkyl halides is 3. The first-order chi connectivity index (χ1) is 22.3. The molecule has 0 radical (unpaired) electrons. The highest BCUT2D eigenvalue weighted by Crippen LogP contribution is 2.47. The van der Waals surface area contributed by atoms with Crippen molar-refractivity contribution in [3.8, 4) is 17.9 Å². The van der Waals surface area contributed by atoms with Crippen LogP contribution in [0.15, 0.2) is 18.0 Å². The van der Waals surface area contributed by atoms with E-state index in [2.05, 4.69) is 27.0 Å². The second-order valence-corrected chi connectivity index (χ2v) is 15.5. The maximum atomic E-state index is 15.7. The van der Waals surface area contributed by atoms with E-state index in [1.165, 1.54) is 6.92 Å². The first-order valence-electron chi connectivity index (χ1n) is 15.7. The highest BCUT2D eigenvalue weighted by molar-refractivity contribution is 7.91. The second-order valence-electron chi connectivity index (χ2n) is 13.3. The number of piperazine rings is 1. The van der Waals surface area contributed by atoms with E-state index in [0.717, 1.165) is 38.3 Å². The number of fused-ring (bicyclic) bond motifs is 4. The van der Waals surface area contributed by atoms with E-state index in [1.807, 2.05) is 4.90 Å². The van der Waals surface area contributed by atoms with Crippen LogP contribution in [0, 0.1) is 17.7 Å². The van der Waals surface area contributed by atoms with Crippen molar-refractivity contribution < 1.29 is 35.1 Å². The number of nitrogens with zero attached hydrogens (tertiary/aromatic N) is 4. The SMILES string of the molecule is CC#Cc1cc(N)c(F)c([C@H]2Cc3nc(OC[C@@]45CCCN4CC(=CF)C5)nc(N4CC5CCC(C4)N5)c3CS2(=O)=O)c1C(F)(F)F. The van der Waals surface area contributed by atoms with Gasteiger partial charge in [-0.15, -0.1) is 5.92 Å². The number of ether oxygens (including phenoxy) is 1. The molecule has 0 amide bonds. The molecule has 6 heterocycles. The fraction of sp³-hybridized carbons (Fsp3) is 0.562. The number of hydrogen-bond donors (Lipinski definition) is 2. The predicted octanol–water partition coefficient (Wildman–Crippen LogP) is 4.21. The van der Waals surface area contributed by atoms with Crippen LogP contribution in [0.3, 0.4) is 0 Å². The molecule has 5 aliphatic rings. The Morgan fingerprint density at radius 1 is 1.23 bits per heavy atom. The van der Waals surface area contributed by atoms with E-state index in [1.54, 1.807) is 0 Å². The summed E-state index contributed by atoms with van der Waals surface area (Å²) in [5.74, 6) is 2.91. The number of nitrogen functional groups attached to an aromatic ring is 1. The van der Waals surface area contributed by atoms with Gasteiger partial charge in [-0.3, -0.25) is 4.90 Å². The quantitative estimate of drug-likeness (QED) is 0.273. The molecule has 15 heteroatoms. The standard InChI is InChI=1S/C32H35F5N6O3S/c1-2-4-19-9-23(38)28(34)26(27(19)32(35,36)37)25-10-24-22(16-47(25,44)45)29(42-14-20-5-6-21(15-42)39-20)41-30(40-24)46-17-31-7-3-8-43(31)13-18(11-31)12-33/h9,12,20-21,25,39H,3,5-8,10-11,13-17,38H2,1H3/t20?,21?,25-,31+/m1/s1. The third-order valence-electron chi connectivity index (χ3n) is 10.2. The Bertz CT molecular complexity index is 1810. The van der Waals surface area contributed by atoms with Gasteiger partial charge in [-0.25, -0.2) is 17.2 Å². The first kappa shape index (κ1) is 32.1. The van der Waals surface area contributed by atoms with Gasteiger partial charge in [0.15, 0.2) is 15.7 Å². The molecule has 252 valence electrons. The Balaban J connectivity index is 1.32. The van der Waals surface area contributed by atoms with Gasteiger partial charge in [-0.05, 0) is 57.2 Å². The van der Waals surface area contributed by atoms with E-state index in [-0.39, 0.29) is 36.0 Å². The molecule has 3 N–H and O–H groups in total. The number of sulfone groups is 1. The minimum absolute atomic E-state index is 0.0526. The van der Waals surface area contributed by atoms with Crippen LogP contribution in [0.4, 0.5) is 33.5 Å². The molecule has 0 aliphatic carbocycles. The Labute approximate surface area is 269 Å². The van der Waals surface area contributed by atoms with Gasteiger partial charge in [-0.1, -0.05) is 5.92 Å². The van der Waals surface area contributed by atoms with Crippen molar-refractivity contribution in [1.29, 1.82) is 0 Å². The fourth-order valence-electron chi connectivity index (χ4n) is 8.19. The van der Waals surface area contributed by atoms with Gasteiger partial charge in [0.25, 0.3) is 0 Å². The molecule has 0 saturated carbocycles. The van der Waals surface area contributed by atoms with Gasteiger partial charge in [0, 0.05) is 54.8 Å². The largest absolute Gasteiger partial charge is 0.461 e. The van der Waals surface area contributed by atoms with Crippen LogP contribution in [0.25, 0.3) is 0 Å². The van der Waals surface area contributed by atoms with Crippen molar-refractivity contribution in [2.45, 2.75) is 80.3 Å². The lowest BCUT2D eigenvalue weighted by Gasteiger charge is -2.37. The van der Waals surface area contributed by atoms with E-state index in [0.29, 0.717) is 43.8 Å². The highest BCUT2D eigenvalue weighted by atomic mass is 32.2. The smallest absolute Gasteiger partial charge is 0.418 e.